The van der Waals surface area contributed by atoms with Crippen LogP contribution >= 0.6 is 15.9 Å². The van der Waals surface area contributed by atoms with Gasteiger partial charge in [0.15, 0.2) is 0 Å². The Bertz CT molecular complexity index is 850. The Labute approximate surface area is 173 Å². The van der Waals surface area contributed by atoms with E-state index in [-0.39, 0.29) is 11.9 Å². The van der Waals surface area contributed by atoms with E-state index in [0.29, 0.717) is 23.5 Å². The Morgan fingerprint density at radius 3 is 2.43 bits per heavy atom. The second kappa shape index (κ2) is 9.59. The molecule has 1 fully saturated rings. The second-order valence-electron chi connectivity index (χ2n) is 6.77. The molecule has 0 saturated carbocycles. The third kappa shape index (κ3) is 5.25. The topological polar surface area (TPSA) is 73.5 Å². The average Bonchev–Trinajstić information content (AvgIpc) is 3.20. The lowest BCUT2D eigenvalue weighted by Crippen LogP contribution is -2.28. The van der Waals surface area contributed by atoms with E-state index in [0.717, 1.165) is 42.5 Å². The molecule has 0 aromatic heterocycles. The van der Waals surface area contributed by atoms with E-state index in [1.54, 1.807) is 6.07 Å². The molecule has 3 rings (SSSR count). The first-order valence-corrected chi connectivity index (χ1v) is 10.4. The van der Waals surface area contributed by atoms with Gasteiger partial charge in [-0.2, -0.15) is 0 Å². The standard InChI is InChI=1S/C21H25BrN4O2/c1-2-10-23-20(27)18-14-17(8-9-19(18)26-11-3-4-12-26)25-21(28)24-16-7-5-6-15(22)13-16/h5-9,13-14H,2-4,10-12H2,1H3,(H,23,27)(H2,24,25,28). The minimum absolute atomic E-state index is 0.111. The molecule has 1 saturated heterocycles. The molecule has 6 nitrogen and oxygen atoms in total. The van der Waals surface area contributed by atoms with Gasteiger partial charge in [-0.25, -0.2) is 4.79 Å². The van der Waals surface area contributed by atoms with Gasteiger partial charge in [-0.05, 0) is 55.7 Å². The van der Waals surface area contributed by atoms with Crippen LogP contribution in [0.2, 0.25) is 0 Å². The maximum Gasteiger partial charge on any atom is 0.323 e. The summed E-state index contributed by atoms with van der Waals surface area (Å²) in [6.07, 6.45) is 3.13. The van der Waals surface area contributed by atoms with Crippen LogP contribution in [0, 0.1) is 0 Å². The van der Waals surface area contributed by atoms with Gasteiger partial charge < -0.3 is 20.9 Å². The van der Waals surface area contributed by atoms with E-state index in [2.05, 4.69) is 36.8 Å². The van der Waals surface area contributed by atoms with Crippen LogP contribution in [0.3, 0.4) is 0 Å². The van der Waals surface area contributed by atoms with Crippen molar-refractivity contribution in [2.75, 3.05) is 35.2 Å². The van der Waals surface area contributed by atoms with E-state index in [9.17, 15) is 9.59 Å². The highest BCUT2D eigenvalue weighted by atomic mass is 79.9. The van der Waals surface area contributed by atoms with Crippen LogP contribution < -0.4 is 20.9 Å². The number of urea groups is 1. The van der Waals surface area contributed by atoms with Crippen molar-refractivity contribution in [2.24, 2.45) is 0 Å². The summed E-state index contributed by atoms with van der Waals surface area (Å²) in [6, 6.07) is 12.5. The molecule has 0 spiro atoms. The highest BCUT2D eigenvalue weighted by Gasteiger charge is 2.20. The number of carbonyl (C=O) groups excluding carboxylic acids is 2. The number of amides is 3. The molecule has 1 aliphatic heterocycles. The highest BCUT2D eigenvalue weighted by Crippen LogP contribution is 2.28. The SMILES string of the molecule is CCCNC(=O)c1cc(NC(=O)Nc2cccc(Br)c2)ccc1N1CCCC1. The van der Waals surface area contributed by atoms with Gasteiger partial charge in [0.25, 0.3) is 5.91 Å². The molecule has 1 aliphatic rings. The summed E-state index contributed by atoms with van der Waals surface area (Å²) in [6.45, 7) is 4.54. The van der Waals surface area contributed by atoms with Crippen molar-refractivity contribution in [2.45, 2.75) is 26.2 Å². The van der Waals surface area contributed by atoms with Gasteiger partial charge in [0, 0.05) is 41.2 Å². The van der Waals surface area contributed by atoms with E-state index < -0.39 is 0 Å². The molecule has 28 heavy (non-hydrogen) atoms. The number of hydrogen-bond acceptors (Lipinski definition) is 3. The number of rotatable bonds is 6. The molecule has 0 radical (unpaired) electrons. The van der Waals surface area contributed by atoms with E-state index in [4.69, 9.17) is 0 Å². The normalized spacial score (nSPS) is 13.3. The van der Waals surface area contributed by atoms with E-state index in [1.165, 1.54) is 0 Å². The van der Waals surface area contributed by atoms with Crippen LogP contribution in [-0.4, -0.2) is 31.6 Å². The molecule has 0 aliphatic carbocycles. The van der Waals surface area contributed by atoms with Gasteiger partial charge in [0.05, 0.1) is 5.56 Å². The van der Waals surface area contributed by atoms with Gasteiger partial charge in [-0.15, -0.1) is 0 Å². The van der Waals surface area contributed by atoms with Gasteiger partial charge in [0.1, 0.15) is 0 Å². The fourth-order valence-corrected chi connectivity index (χ4v) is 3.62. The van der Waals surface area contributed by atoms with Crippen LogP contribution in [0.5, 0.6) is 0 Å². The second-order valence-corrected chi connectivity index (χ2v) is 7.69. The van der Waals surface area contributed by atoms with Gasteiger partial charge in [-0.1, -0.05) is 28.9 Å². The molecule has 2 aromatic rings. The zero-order valence-electron chi connectivity index (χ0n) is 15.9. The van der Waals surface area contributed by atoms with Crippen molar-refractivity contribution in [1.29, 1.82) is 0 Å². The monoisotopic (exact) mass is 444 g/mol. The molecular formula is C21H25BrN4O2. The van der Waals surface area contributed by atoms with Crippen LogP contribution in [0.25, 0.3) is 0 Å². The minimum Gasteiger partial charge on any atom is -0.371 e. The molecule has 7 heteroatoms. The molecule has 2 aromatic carbocycles. The smallest absolute Gasteiger partial charge is 0.323 e. The Hall–Kier alpha value is -2.54. The lowest BCUT2D eigenvalue weighted by molar-refractivity contribution is 0.0954. The molecular weight excluding hydrogens is 420 g/mol. The third-order valence-corrected chi connectivity index (χ3v) is 5.06. The number of benzene rings is 2. The fraction of sp³-hybridized carbons (Fsp3) is 0.333. The van der Waals surface area contributed by atoms with Crippen LogP contribution in [0.4, 0.5) is 21.9 Å². The summed E-state index contributed by atoms with van der Waals surface area (Å²) in [7, 11) is 0. The van der Waals surface area contributed by atoms with Crippen molar-refractivity contribution in [3.8, 4) is 0 Å². The maximum atomic E-state index is 12.7. The summed E-state index contributed by atoms with van der Waals surface area (Å²) in [4.78, 5) is 27.2. The molecule has 0 atom stereocenters. The van der Waals surface area contributed by atoms with Crippen molar-refractivity contribution in [3.05, 3.63) is 52.5 Å². The Balaban J connectivity index is 1.77. The molecule has 3 N–H and O–H groups in total. The summed E-state index contributed by atoms with van der Waals surface area (Å²) in [5.41, 5.74) is 2.78. The summed E-state index contributed by atoms with van der Waals surface area (Å²) in [5.74, 6) is -0.111. The first-order chi connectivity index (χ1) is 13.6. The van der Waals surface area contributed by atoms with Crippen molar-refractivity contribution < 1.29 is 9.59 Å². The Morgan fingerprint density at radius 1 is 1.04 bits per heavy atom. The predicted molar refractivity (Wildman–Crippen MR) is 117 cm³/mol. The van der Waals surface area contributed by atoms with Crippen molar-refractivity contribution >= 4 is 44.9 Å². The highest BCUT2D eigenvalue weighted by molar-refractivity contribution is 9.10. The molecule has 1 heterocycles. The van der Waals surface area contributed by atoms with Gasteiger partial charge >= 0.3 is 6.03 Å². The van der Waals surface area contributed by atoms with Crippen molar-refractivity contribution in [1.82, 2.24) is 5.32 Å². The van der Waals surface area contributed by atoms with Crippen LogP contribution in [0.15, 0.2) is 46.9 Å². The van der Waals surface area contributed by atoms with E-state index in [1.807, 2.05) is 43.3 Å². The van der Waals surface area contributed by atoms with Crippen molar-refractivity contribution in [3.63, 3.8) is 0 Å². The average molecular weight is 445 g/mol. The summed E-state index contributed by atoms with van der Waals surface area (Å²) < 4.78 is 0.884. The number of carbonyl (C=O) groups is 2. The number of nitrogens with one attached hydrogen (secondary N) is 3. The number of nitrogens with zero attached hydrogens (tertiary/aromatic N) is 1. The molecule has 3 amide bonds. The summed E-state index contributed by atoms with van der Waals surface area (Å²) >= 11 is 3.38. The third-order valence-electron chi connectivity index (χ3n) is 4.56. The molecule has 148 valence electrons. The zero-order valence-corrected chi connectivity index (χ0v) is 17.5. The van der Waals surface area contributed by atoms with Crippen LogP contribution in [-0.2, 0) is 0 Å². The minimum atomic E-state index is -0.355. The maximum absolute atomic E-state index is 12.7. The molecule has 0 unspecified atom stereocenters. The predicted octanol–water partition coefficient (Wildman–Crippen LogP) is 4.83. The number of hydrogen-bond donors (Lipinski definition) is 3. The fourth-order valence-electron chi connectivity index (χ4n) is 3.22. The lowest BCUT2D eigenvalue weighted by Gasteiger charge is -2.22. The first kappa shape index (κ1) is 20.2. The van der Waals surface area contributed by atoms with Gasteiger partial charge in [-0.3, -0.25) is 4.79 Å². The largest absolute Gasteiger partial charge is 0.371 e. The number of anilines is 3. The number of halogens is 1. The quantitative estimate of drug-likeness (QED) is 0.596. The Kier molecular flexibility index (Phi) is 6.92. The van der Waals surface area contributed by atoms with Gasteiger partial charge in [0.2, 0.25) is 0 Å². The first-order valence-electron chi connectivity index (χ1n) is 9.57. The zero-order chi connectivity index (χ0) is 19.9. The molecule has 0 bridgehead atoms. The summed E-state index contributed by atoms with van der Waals surface area (Å²) in [5, 5.41) is 8.55. The van der Waals surface area contributed by atoms with Crippen LogP contribution in [0.1, 0.15) is 36.5 Å². The Morgan fingerprint density at radius 2 is 1.75 bits per heavy atom. The lowest BCUT2D eigenvalue weighted by atomic mass is 10.1. The van der Waals surface area contributed by atoms with E-state index >= 15 is 0 Å².